The molecule has 0 aromatic heterocycles. The minimum absolute atomic E-state index is 0.0288. The minimum atomic E-state index is -3.69. The third-order valence-electron chi connectivity index (χ3n) is 3.68. The van der Waals surface area contributed by atoms with Crippen LogP contribution in [0.5, 0.6) is 0 Å². The van der Waals surface area contributed by atoms with Crippen LogP contribution in [0.2, 0.25) is 0 Å². The van der Waals surface area contributed by atoms with Crippen molar-refractivity contribution in [2.75, 3.05) is 12.9 Å². The van der Waals surface area contributed by atoms with E-state index in [1.54, 1.807) is 0 Å². The number of rotatable bonds is 12. The van der Waals surface area contributed by atoms with Gasteiger partial charge < -0.3 is 14.3 Å². The fourth-order valence-corrected chi connectivity index (χ4v) is 3.09. The van der Waals surface area contributed by atoms with Crippen molar-refractivity contribution >= 4 is 16.4 Å². The lowest BCUT2D eigenvalue weighted by molar-refractivity contribution is -0.121. The van der Waals surface area contributed by atoms with Crippen molar-refractivity contribution < 1.29 is 26.9 Å². The summed E-state index contributed by atoms with van der Waals surface area (Å²) < 4.78 is 39.3. The lowest BCUT2D eigenvalue weighted by Gasteiger charge is -2.20. The van der Waals surface area contributed by atoms with Crippen LogP contribution in [0.1, 0.15) is 17.5 Å². The van der Waals surface area contributed by atoms with Gasteiger partial charge in [-0.25, -0.2) is 0 Å². The summed E-state index contributed by atoms with van der Waals surface area (Å²) in [5.41, 5.74) is 1.88. The normalized spacial score (nSPS) is 13.8. The minimum Gasteiger partial charge on any atom is -0.374 e. The lowest BCUT2D eigenvalue weighted by atomic mass is 10.1. The zero-order valence-corrected chi connectivity index (χ0v) is 16.0. The molecular weight excluding hydrogens is 368 g/mol. The van der Waals surface area contributed by atoms with Crippen LogP contribution >= 0.6 is 0 Å². The van der Waals surface area contributed by atoms with Crippen LogP contribution in [0.4, 0.5) is 0 Å². The third kappa shape index (κ3) is 8.92. The lowest BCUT2D eigenvalue weighted by Crippen LogP contribution is -2.30. The molecule has 7 heteroatoms. The molecular formula is C20H24O6S. The first-order valence-electron chi connectivity index (χ1n) is 8.57. The number of aldehydes is 1. The second-order valence-electron chi connectivity index (χ2n) is 6.13. The summed E-state index contributed by atoms with van der Waals surface area (Å²) in [5, 5.41) is 0. The van der Waals surface area contributed by atoms with Crippen molar-refractivity contribution in [3.63, 3.8) is 0 Å². The Morgan fingerprint density at radius 1 is 0.926 bits per heavy atom. The molecule has 0 unspecified atom stereocenters. The van der Waals surface area contributed by atoms with Crippen molar-refractivity contribution in [1.82, 2.24) is 0 Å². The molecule has 0 spiro atoms. The van der Waals surface area contributed by atoms with Crippen LogP contribution < -0.4 is 0 Å². The van der Waals surface area contributed by atoms with Crippen LogP contribution in [0.25, 0.3) is 0 Å². The molecule has 0 saturated heterocycles. The highest BCUT2D eigenvalue weighted by Gasteiger charge is 2.22. The van der Waals surface area contributed by atoms with E-state index in [9.17, 15) is 13.2 Å². The van der Waals surface area contributed by atoms with Gasteiger partial charge in [0.05, 0.1) is 26.1 Å². The Balaban J connectivity index is 1.89. The first kappa shape index (κ1) is 21.2. The molecule has 0 heterocycles. The molecule has 27 heavy (non-hydrogen) atoms. The number of carbonyl (C=O) groups excluding carboxylic acids is 1. The van der Waals surface area contributed by atoms with Crippen LogP contribution in [0, 0.1) is 0 Å². The molecule has 146 valence electrons. The van der Waals surface area contributed by atoms with Crippen LogP contribution in [0.3, 0.4) is 0 Å². The molecule has 0 saturated carbocycles. The number of benzene rings is 2. The summed E-state index contributed by atoms with van der Waals surface area (Å²) >= 11 is 0. The zero-order valence-electron chi connectivity index (χ0n) is 15.2. The molecule has 0 radical (unpaired) electrons. The van der Waals surface area contributed by atoms with Crippen molar-refractivity contribution in [1.29, 1.82) is 0 Å². The third-order valence-corrected chi connectivity index (χ3v) is 4.30. The second-order valence-corrected chi connectivity index (χ2v) is 7.73. The summed E-state index contributed by atoms with van der Waals surface area (Å²) in [4.78, 5) is 11.4. The summed E-state index contributed by atoms with van der Waals surface area (Å²) in [6.07, 6.45) is 0.0986. The number of carbonyl (C=O) groups is 1. The van der Waals surface area contributed by atoms with Crippen LogP contribution in [0.15, 0.2) is 60.7 Å². The van der Waals surface area contributed by atoms with E-state index in [0.29, 0.717) is 12.9 Å². The predicted octanol–water partition coefficient (Wildman–Crippen LogP) is 2.72. The molecule has 2 aromatic rings. The summed E-state index contributed by atoms with van der Waals surface area (Å²) in [6, 6.07) is 18.9. The molecule has 0 aliphatic heterocycles. The molecule has 0 aliphatic rings. The molecule has 2 atom stereocenters. The van der Waals surface area contributed by atoms with E-state index >= 15 is 0 Å². The Kier molecular flexibility index (Phi) is 8.60. The van der Waals surface area contributed by atoms with Gasteiger partial charge in [0.1, 0.15) is 18.5 Å². The van der Waals surface area contributed by atoms with Gasteiger partial charge in [-0.2, -0.15) is 8.42 Å². The topological polar surface area (TPSA) is 78.9 Å². The molecule has 6 nitrogen and oxygen atoms in total. The van der Waals surface area contributed by atoms with Gasteiger partial charge in [-0.3, -0.25) is 4.18 Å². The van der Waals surface area contributed by atoms with Gasteiger partial charge in [0.2, 0.25) is 0 Å². The quantitative estimate of drug-likeness (QED) is 0.408. The number of hydrogen-bond donors (Lipinski definition) is 0. The number of hydrogen-bond acceptors (Lipinski definition) is 6. The molecule has 0 fully saturated rings. The fraction of sp³-hybridized carbons (Fsp3) is 0.350. The molecule has 0 aliphatic carbocycles. The molecule has 2 aromatic carbocycles. The maximum atomic E-state index is 11.5. The van der Waals surface area contributed by atoms with E-state index in [1.165, 1.54) is 0 Å². The average Bonchev–Trinajstić information content (AvgIpc) is 2.65. The molecule has 2 rings (SSSR count). The van der Waals surface area contributed by atoms with Crippen molar-refractivity contribution in [3.8, 4) is 0 Å². The van der Waals surface area contributed by atoms with Gasteiger partial charge in [0.15, 0.2) is 0 Å². The molecule has 0 bridgehead atoms. The summed E-state index contributed by atoms with van der Waals surface area (Å²) in [6.45, 7) is 0.600. The predicted molar refractivity (Wildman–Crippen MR) is 102 cm³/mol. The Morgan fingerprint density at radius 3 is 2.00 bits per heavy atom. The van der Waals surface area contributed by atoms with Gasteiger partial charge >= 0.3 is 0 Å². The van der Waals surface area contributed by atoms with Crippen LogP contribution in [-0.2, 0) is 41.8 Å². The smallest absolute Gasteiger partial charge is 0.264 e. The van der Waals surface area contributed by atoms with Crippen molar-refractivity contribution in [3.05, 3.63) is 71.8 Å². The highest BCUT2D eigenvalue weighted by atomic mass is 32.2. The Labute approximate surface area is 160 Å². The van der Waals surface area contributed by atoms with E-state index in [2.05, 4.69) is 0 Å². The van der Waals surface area contributed by atoms with Gasteiger partial charge in [0, 0.05) is 6.42 Å². The molecule has 0 N–H and O–H groups in total. The standard InChI is InChI=1S/C20H24O6S/c1-27(22,23)26-20(16-24-14-17-8-4-2-5-9-17)12-19(13-21)25-15-18-10-6-3-7-11-18/h2-11,13,19-20H,12,14-16H2,1H3/t19-,20+/m0/s1. The zero-order chi connectivity index (χ0) is 19.5. The Morgan fingerprint density at radius 2 is 1.48 bits per heavy atom. The summed E-state index contributed by atoms with van der Waals surface area (Å²) in [5.74, 6) is 0. The largest absolute Gasteiger partial charge is 0.374 e. The number of ether oxygens (including phenoxy) is 2. The monoisotopic (exact) mass is 392 g/mol. The summed E-state index contributed by atoms with van der Waals surface area (Å²) in [7, 11) is -3.69. The maximum absolute atomic E-state index is 11.5. The van der Waals surface area contributed by atoms with Gasteiger partial charge in [-0.1, -0.05) is 60.7 Å². The Hall–Kier alpha value is -2.06. The van der Waals surface area contributed by atoms with Crippen molar-refractivity contribution in [2.45, 2.75) is 31.8 Å². The highest BCUT2D eigenvalue weighted by molar-refractivity contribution is 7.86. The van der Waals surface area contributed by atoms with Gasteiger partial charge in [0.25, 0.3) is 10.1 Å². The van der Waals surface area contributed by atoms with Gasteiger partial charge in [-0.05, 0) is 11.1 Å². The van der Waals surface area contributed by atoms with E-state index in [-0.39, 0.29) is 19.6 Å². The van der Waals surface area contributed by atoms with E-state index in [4.69, 9.17) is 13.7 Å². The van der Waals surface area contributed by atoms with E-state index in [0.717, 1.165) is 17.4 Å². The van der Waals surface area contributed by atoms with Crippen LogP contribution in [-0.4, -0.2) is 39.8 Å². The molecule has 0 amide bonds. The van der Waals surface area contributed by atoms with Gasteiger partial charge in [-0.15, -0.1) is 0 Å². The van der Waals surface area contributed by atoms with E-state index in [1.807, 2.05) is 60.7 Å². The maximum Gasteiger partial charge on any atom is 0.264 e. The SMILES string of the molecule is CS(=O)(=O)O[C@@H](COCc1ccccc1)C[C@@H](C=O)OCc1ccccc1. The first-order valence-corrected chi connectivity index (χ1v) is 10.4. The van der Waals surface area contributed by atoms with Crippen molar-refractivity contribution in [2.24, 2.45) is 0 Å². The highest BCUT2D eigenvalue weighted by Crippen LogP contribution is 2.12. The first-order chi connectivity index (χ1) is 13.0. The Bertz CT molecular complexity index is 777. The second kappa shape index (κ2) is 10.9. The fourth-order valence-electron chi connectivity index (χ4n) is 2.46. The average molecular weight is 392 g/mol. The van der Waals surface area contributed by atoms with E-state index < -0.39 is 22.3 Å².